The smallest absolute Gasteiger partial charge is 0 e. The summed E-state index contributed by atoms with van der Waals surface area (Å²) in [5, 5.41) is 0. The van der Waals surface area contributed by atoms with Gasteiger partial charge in [-0.15, -0.1) is 0 Å². The minimum atomic E-state index is -3.29. The second-order valence-corrected chi connectivity index (χ2v) is 1.20. The van der Waals surface area contributed by atoms with E-state index in [0.717, 1.165) is 0 Å². The Bertz CT molecular complexity index is 29.9. The maximum atomic E-state index is 8.76. The normalized spacial score (nSPS) is 7.00. The zero-order chi connectivity index (χ0) is 3.58. The van der Waals surface area contributed by atoms with Crippen molar-refractivity contribution in [1.82, 2.24) is 0 Å². The quantitative estimate of drug-likeness (QED) is 0.485. The summed E-state index contributed by atoms with van der Waals surface area (Å²) in [5.41, 5.74) is 0. The van der Waals surface area contributed by atoms with E-state index in [9.17, 15) is 0 Å². The predicted octanol–water partition coefficient (Wildman–Crippen LogP) is -1.99. The molecular weight excluding hydrogens is 242 g/mol. The molecule has 3 nitrogen and oxygen atoms in total. The van der Waals surface area contributed by atoms with Gasteiger partial charge in [-0.25, -0.2) is 0 Å². The minimum Gasteiger partial charge on any atom is 0 e. The Labute approximate surface area is 52.5 Å². The van der Waals surface area contributed by atoms with Gasteiger partial charge in [-0.1, -0.05) is 0 Å². The summed E-state index contributed by atoms with van der Waals surface area (Å²) in [7, 11) is 0. The van der Waals surface area contributed by atoms with Gasteiger partial charge < -0.3 is 0 Å². The Balaban J connectivity index is 0. The zero-order valence-corrected chi connectivity index (χ0v) is 7.30. The molecule has 0 rings (SSSR count). The van der Waals surface area contributed by atoms with Gasteiger partial charge in [0.15, 0.2) is 0 Å². The molecule has 0 heterocycles. The molecule has 0 aliphatic rings. The van der Waals surface area contributed by atoms with Gasteiger partial charge in [-0.3, -0.25) is 0 Å². The first kappa shape index (κ1) is 9.44. The van der Waals surface area contributed by atoms with Crippen LogP contribution in [0, 0.1) is 0 Å². The number of hydrogen-bond acceptors (Lipinski definition) is 1. The van der Waals surface area contributed by atoms with Gasteiger partial charge in [0.25, 0.3) is 0 Å². The molecule has 0 saturated heterocycles. The molecule has 0 fully saturated rings. The molecule has 0 bridgehead atoms. The van der Waals surface area contributed by atoms with E-state index in [-0.39, 0.29) is 25.8 Å². The molecule has 29 valence electrons. The fourth-order valence-electron chi connectivity index (χ4n) is 0. The molecule has 0 aromatic carbocycles. The fraction of sp³-hybridized carbons (Fsp3) is 0. The summed E-state index contributed by atoms with van der Waals surface area (Å²) in [6.07, 6.45) is 0. The molecule has 0 unspecified atom stereocenters. The number of hydrogen-bond donors (Lipinski definition) is 2. The second kappa shape index (κ2) is 5.11. The Morgan fingerprint density at radius 2 is 1.40 bits per heavy atom. The Morgan fingerprint density at radius 3 is 1.40 bits per heavy atom. The first-order valence-electron chi connectivity index (χ1n) is 0.532. The van der Waals surface area contributed by atoms with Crippen LogP contribution in [0.2, 0.25) is 0 Å². The number of rotatable bonds is 0. The average molecular weight is 244 g/mol. The summed E-state index contributed by atoms with van der Waals surface area (Å²) in [6.45, 7) is 0. The third-order valence-corrected chi connectivity index (χ3v) is 0. The molecule has 3 radical (unpaired) electrons. The van der Waals surface area contributed by atoms with Crippen LogP contribution in [0.5, 0.6) is 0 Å². The van der Waals surface area contributed by atoms with Crippen LogP contribution in [-0.2, 0) is 3.83 Å². The first-order valence-corrected chi connectivity index (χ1v) is 2.76. The third kappa shape index (κ3) is 40.1. The average Bonchev–Trinajstić information content (AvgIpc) is 0.811. The molecule has 0 aliphatic carbocycles. The van der Waals surface area contributed by atoms with Crippen molar-refractivity contribution in [2.24, 2.45) is 0 Å². The minimum absolute atomic E-state index is 0. The molecule has 2 N–H and O–H groups in total. The fourth-order valence-corrected chi connectivity index (χ4v) is 0. The molecule has 5 heteroatoms. The van der Waals surface area contributed by atoms with Crippen molar-refractivity contribution in [3.8, 4) is 0 Å². The SMILES string of the molecule is O=[Se](O)O.[In]. The van der Waals surface area contributed by atoms with Crippen LogP contribution < -0.4 is 0 Å². The molecule has 0 aromatic rings. The van der Waals surface area contributed by atoms with E-state index in [0.29, 0.717) is 0 Å². The summed E-state index contributed by atoms with van der Waals surface area (Å²) in [5.74, 6) is 0. The van der Waals surface area contributed by atoms with Crippen LogP contribution in [0.15, 0.2) is 0 Å². The van der Waals surface area contributed by atoms with E-state index in [1.807, 2.05) is 0 Å². The molecular formula is H2InO3Se. The Hall–Kier alpha value is 1.11. The van der Waals surface area contributed by atoms with Gasteiger partial charge >= 0.3 is 26.7 Å². The van der Waals surface area contributed by atoms with Crippen molar-refractivity contribution in [3.63, 3.8) is 0 Å². The second-order valence-electron chi connectivity index (χ2n) is 0.231. The molecule has 0 saturated carbocycles. The van der Waals surface area contributed by atoms with Gasteiger partial charge in [0.2, 0.25) is 0 Å². The first-order chi connectivity index (χ1) is 1.73. The van der Waals surface area contributed by atoms with E-state index >= 15 is 0 Å². The maximum absolute atomic E-state index is 8.76. The van der Waals surface area contributed by atoms with E-state index in [2.05, 4.69) is 0 Å². The van der Waals surface area contributed by atoms with Crippen LogP contribution in [0.4, 0.5) is 0 Å². The van der Waals surface area contributed by atoms with Gasteiger partial charge in [0.1, 0.15) is 0 Å². The van der Waals surface area contributed by atoms with E-state index in [4.69, 9.17) is 12.2 Å². The van der Waals surface area contributed by atoms with Crippen molar-refractivity contribution in [2.75, 3.05) is 0 Å². The predicted molar refractivity (Wildman–Crippen MR) is 16.6 cm³/mol. The van der Waals surface area contributed by atoms with Crippen molar-refractivity contribution >= 4 is 40.3 Å². The molecule has 0 amide bonds. The zero-order valence-electron chi connectivity index (χ0n) is 2.29. The van der Waals surface area contributed by atoms with Crippen LogP contribution >= 0.6 is 0 Å². The summed E-state index contributed by atoms with van der Waals surface area (Å²) in [6, 6.07) is 0. The Morgan fingerprint density at radius 1 is 1.40 bits per heavy atom. The van der Waals surface area contributed by atoms with Crippen LogP contribution in [-0.4, -0.2) is 48.7 Å². The van der Waals surface area contributed by atoms with E-state index in [1.165, 1.54) is 0 Å². The largest absolute Gasteiger partial charge is 0 e. The molecule has 5 heavy (non-hydrogen) atoms. The molecule has 0 atom stereocenters. The van der Waals surface area contributed by atoms with Crippen LogP contribution in [0.1, 0.15) is 0 Å². The van der Waals surface area contributed by atoms with Crippen LogP contribution in [0.25, 0.3) is 0 Å². The van der Waals surface area contributed by atoms with Crippen molar-refractivity contribution in [2.45, 2.75) is 0 Å². The van der Waals surface area contributed by atoms with Gasteiger partial charge in [0, 0.05) is 25.8 Å². The third-order valence-electron chi connectivity index (χ3n) is 0. The summed E-state index contributed by atoms with van der Waals surface area (Å²) in [4.78, 5) is 0. The molecule has 0 aliphatic heterocycles. The van der Waals surface area contributed by atoms with Crippen molar-refractivity contribution < 1.29 is 12.2 Å². The van der Waals surface area contributed by atoms with E-state index < -0.39 is 14.5 Å². The topological polar surface area (TPSA) is 57.5 Å². The standard InChI is InChI=1S/In.H2O3Se/c;1-4(2)3/h;(H2,1,2,3). The van der Waals surface area contributed by atoms with Gasteiger partial charge in [0.05, 0.1) is 0 Å². The Kier molecular flexibility index (Phi) is 9.65. The van der Waals surface area contributed by atoms with Crippen molar-refractivity contribution in [3.05, 3.63) is 0 Å². The van der Waals surface area contributed by atoms with E-state index in [1.54, 1.807) is 0 Å². The van der Waals surface area contributed by atoms with Crippen molar-refractivity contribution in [1.29, 1.82) is 0 Å². The molecule has 0 spiro atoms. The monoisotopic (exact) mass is 245 g/mol. The van der Waals surface area contributed by atoms with Gasteiger partial charge in [-0.2, -0.15) is 0 Å². The molecule has 0 aromatic heterocycles. The summed E-state index contributed by atoms with van der Waals surface area (Å²) < 4.78 is 23.1. The maximum Gasteiger partial charge on any atom is 0 e. The van der Waals surface area contributed by atoms with Crippen LogP contribution in [0.3, 0.4) is 0 Å². The summed E-state index contributed by atoms with van der Waals surface area (Å²) >= 11 is -3.29. The van der Waals surface area contributed by atoms with Gasteiger partial charge in [-0.05, 0) is 0 Å².